The van der Waals surface area contributed by atoms with E-state index in [1.807, 2.05) is 24.3 Å². The molecule has 0 amide bonds. The number of allylic oxidation sites excluding steroid dienone is 8. The first kappa shape index (κ1) is 18.9. The number of aromatic nitrogens is 2. The standard InChI is InChI=1S/C8H6BrN3O.2C5H5.C2H5.Fe/c9-6-3-1-5(2-4-6)7-11-12-8(10)13-7;2*1-2-4-5-3-1;1-2;/h1-4H,(H2,10,12);2*1-3H,4H2;1H2,2H3;. The summed E-state index contributed by atoms with van der Waals surface area (Å²) in [4.78, 5) is 0. The smallest absolute Gasteiger partial charge is 0.313 e. The number of anilines is 1. The zero-order valence-electron chi connectivity index (χ0n) is 14.5. The summed E-state index contributed by atoms with van der Waals surface area (Å²) in [6.07, 6.45) is 16.0. The molecule has 1 aromatic heterocycles. The molecule has 0 radical (unpaired) electrons. The van der Waals surface area contributed by atoms with Crippen LogP contribution in [-0.2, 0) is 13.9 Å². The Morgan fingerprint density at radius 2 is 1.65 bits per heavy atom. The Hall–Kier alpha value is -1.88. The van der Waals surface area contributed by atoms with Gasteiger partial charge in [-0.2, -0.15) is 0 Å². The van der Waals surface area contributed by atoms with Gasteiger partial charge in [0.1, 0.15) is 0 Å². The van der Waals surface area contributed by atoms with Crippen LogP contribution in [0.5, 0.6) is 0 Å². The van der Waals surface area contributed by atoms with Gasteiger partial charge in [-0.05, 0) is 24.3 Å². The third-order valence-corrected chi connectivity index (χ3v) is 7.60. The van der Waals surface area contributed by atoms with Crippen LogP contribution in [0.4, 0.5) is 6.01 Å². The molecule has 1 aromatic carbocycles. The third kappa shape index (κ3) is 4.85. The molecule has 4 rings (SSSR count). The average Bonchev–Trinajstić information content (AvgIpc) is 3.40. The second kappa shape index (κ2) is 9.17. The molecule has 1 heterocycles. The fourth-order valence-corrected chi connectivity index (χ4v) is 5.74. The van der Waals surface area contributed by atoms with Gasteiger partial charge < -0.3 is 10.2 Å². The maximum absolute atomic E-state index is 5.30. The summed E-state index contributed by atoms with van der Waals surface area (Å²) in [7, 11) is 0. The summed E-state index contributed by atoms with van der Waals surface area (Å²) in [5, 5.41) is 8.64. The average molecular weight is 455 g/mol. The second-order valence-corrected chi connectivity index (χ2v) is 9.67. The van der Waals surface area contributed by atoms with Gasteiger partial charge >= 0.3 is 90.4 Å². The number of nitrogen functional groups attached to an aromatic ring is 1. The summed E-state index contributed by atoms with van der Waals surface area (Å²) in [6.45, 7) is 2.32. The van der Waals surface area contributed by atoms with E-state index in [0.29, 0.717) is 5.89 Å². The molecule has 0 fully saturated rings. The largest absolute Gasteiger partial charge is 0.404 e. The van der Waals surface area contributed by atoms with Gasteiger partial charge in [-0.1, -0.05) is 21.0 Å². The monoisotopic (exact) mass is 454 g/mol. The Kier molecular flexibility index (Phi) is 6.67. The van der Waals surface area contributed by atoms with E-state index in [-0.39, 0.29) is 19.9 Å². The van der Waals surface area contributed by atoms with Crippen LogP contribution >= 0.6 is 15.9 Å². The molecule has 0 spiro atoms. The van der Waals surface area contributed by atoms with E-state index < -0.39 is 0 Å². The zero-order valence-corrected chi connectivity index (χ0v) is 17.2. The van der Waals surface area contributed by atoms with Crippen molar-refractivity contribution in [3.05, 3.63) is 74.1 Å². The molecular formula is C20H21BrFeN3O. The van der Waals surface area contributed by atoms with Crippen molar-refractivity contribution in [1.29, 1.82) is 0 Å². The molecular weight excluding hydrogens is 434 g/mol. The van der Waals surface area contributed by atoms with E-state index in [0.717, 1.165) is 10.0 Å². The van der Waals surface area contributed by atoms with Crippen LogP contribution in [0.15, 0.2) is 78.6 Å². The minimum Gasteiger partial charge on any atom is -0.404 e. The minimum atomic E-state index is -0.153. The molecule has 6 heteroatoms. The van der Waals surface area contributed by atoms with Crippen molar-refractivity contribution >= 4 is 21.9 Å². The zero-order chi connectivity index (χ0) is 18.4. The number of nitrogens with zero attached hydrogens (tertiary/aromatic N) is 2. The summed E-state index contributed by atoms with van der Waals surface area (Å²) < 4.78 is 9.41. The first-order valence-corrected chi connectivity index (χ1v) is 11.0. The van der Waals surface area contributed by atoms with Gasteiger partial charge in [0.2, 0.25) is 5.89 Å². The third-order valence-electron chi connectivity index (χ3n) is 3.76. The molecule has 0 unspecified atom stereocenters. The van der Waals surface area contributed by atoms with Gasteiger partial charge in [0.25, 0.3) is 0 Å². The first-order valence-electron chi connectivity index (χ1n) is 8.35. The minimum absolute atomic E-state index is 0.0814. The Bertz CT molecular complexity index is 835. The maximum Gasteiger partial charge on any atom is 0.313 e. The van der Waals surface area contributed by atoms with Crippen LogP contribution in [0.3, 0.4) is 0 Å². The molecule has 2 aliphatic carbocycles. The molecule has 0 aliphatic heterocycles. The van der Waals surface area contributed by atoms with Gasteiger partial charge in [-0.3, -0.25) is 0 Å². The molecule has 2 aliphatic rings. The summed E-state index contributed by atoms with van der Waals surface area (Å²) in [5.41, 5.74) is 6.15. The number of nitrogens with two attached hydrogens (primary N) is 1. The Balaban J connectivity index is 0.000000151. The van der Waals surface area contributed by atoms with Crippen molar-refractivity contribution in [2.75, 3.05) is 5.73 Å². The Morgan fingerprint density at radius 1 is 1.04 bits per heavy atom. The van der Waals surface area contributed by atoms with Crippen molar-refractivity contribution in [1.82, 2.24) is 10.2 Å². The quantitative estimate of drug-likeness (QED) is 0.591. The van der Waals surface area contributed by atoms with E-state index in [4.69, 9.17) is 10.2 Å². The molecule has 0 atom stereocenters. The van der Waals surface area contributed by atoms with Gasteiger partial charge in [0.05, 0.1) is 0 Å². The summed E-state index contributed by atoms with van der Waals surface area (Å²) >= 11 is 3.18. The summed E-state index contributed by atoms with van der Waals surface area (Å²) in [6, 6.07) is 7.62. The topological polar surface area (TPSA) is 64.9 Å². The molecule has 4 nitrogen and oxygen atoms in total. The normalized spacial score (nSPS) is 15.4. The van der Waals surface area contributed by atoms with Crippen LogP contribution in [0, 0.1) is 0 Å². The number of hydrogen-bond acceptors (Lipinski definition) is 4. The van der Waals surface area contributed by atoms with Crippen LogP contribution in [0.2, 0.25) is 5.32 Å². The molecule has 0 saturated heterocycles. The molecule has 2 N–H and O–H groups in total. The molecule has 137 valence electrons. The predicted octanol–water partition coefficient (Wildman–Crippen LogP) is 5.81. The van der Waals surface area contributed by atoms with Crippen molar-refractivity contribution in [3.8, 4) is 11.5 Å². The number of hydrogen-bond donors (Lipinski definition) is 1. The van der Waals surface area contributed by atoms with E-state index >= 15 is 0 Å². The van der Waals surface area contributed by atoms with E-state index in [1.165, 1.54) is 18.2 Å². The van der Waals surface area contributed by atoms with E-state index in [1.54, 1.807) is 8.94 Å². The van der Waals surface area contributed by atoms with Crippen molar-refractivity contribution in [2.45, 2.75) is 25.1 Å². The van der Waals surface area contributed by atoms with Crippen molar-refractivity contribution in [2.24, 2.45) is 0 Å². The number of benzene rings is 1. The Labute approximate surface area is 166 Å². The van der Waals surface area contributed by atoms with Crippen LogP contribution in [0.1, 0.15) is 19.8 Å². The first-order chi connectivity index (χ1) is 12.7. The fourth-order valence-electron chi connectivity index (χ4n) is 2.56. The van der Waals surface area contributed by atoms with Crippen LogP contribution < -0.4 is 5.73 Å². The SMILES string of the molecule is C[CH2][Fe]([C]1=CC=CC1)[C]1=CC=CC1.Nc1nnc(-c2ccc(Br)cc2)o1. The van der Waals surface area contributed by atoms with E-state index in [9.17, 15) is 0 Å². The second-order valence-electron chi connectivity index (χ2n) is 5.50. The molecule has 2 aromatic rings. The number of rotatable bonds is 4. The molecule has 26 heavy (non-hydrogen) atoms. The van der Waals surface area contributed by atoms with Gasteiger partial charge in [0.15, 0.2) is 0 Å². The van der Waals surface area contributed by atoms with Crippen LogP contribution in [-0.4, -0.2) is 10.2 Å². The van der Waals surface area contributed by atoms with Crippen molar-refractivity contribution < 1.29 is 18.3 Å². The van der Waals surface area contributed by atoms with Gasteiger partial charge in [-0.15, -0.1) is 5.10 Å². The van der Waals surface area contributed by atoms with Crippen LogP contribution in [0.25, 0.3) is 11.5 Å². The fraction of sp³-hybridized carbons (Fsp3) is 0.200. The van der Waals surface area contributed by atoms with Gasteiger partial charge in [-0.25, -0.2) is 0 Å². The van der Waals surface area contributed by atoms with Crippen molar-refractivity contribution in [3.63, 3.8) is 0 Å². The summed E-state index contributed by atoms with van der Waals surface area (Å²) in [5.74, 6) is 0.435. The maximum atomic E-state index is 5.30. The number of halogens is 1. The van der Waals surface area contributed by atoms with Gasteiger partial charge in [0, 0.05) is 10.0 Å². The molecule has 0 bridgehead atoms. The van der Waals surface area contributed by atoms with E-state index in [2.05, 4.69) is 69.5 Å². The molecule has 0 saturated carbocycles. The Morgan fingerprint density at radius 3 is 2.08 bits per heavy atom. The predicted molar refractivity (Wildman–Crippen MR) is 106 cm³/mol.